The zero-order valence-corrected chi connectivity index (χ0v) is 17.6. The van der Waals surface area contributed by atoms with Crippen LogP contribution in [-0.2, 0) is 13.1 Å². The van der Waals surface area contributed by atoms with Crippen molar-refractivity contribution in [3.05, 3.63) is 81.7 Å². The number of carbonyl (C=O) groups is 1. The number of hydrogen-bond acceptors (Lipinski definition) is 5. The Bertz CT molecular complexity index is 1190. The average Bonchev–Trinajstić information content (AvgIpc) is 3.39. The van der Waals surface area contributed by atoms with Gasteiger partial charge in [0.2, 0.25) is 0 Å². The van der Waals surface area contributed by atoms with Gasteiger partial charge in [0, 0.05) is 11.8 Å². The third-order valence-electron chi connectivity index (χ3n) is 4.88. The molecule has 0 unspecified atom stereocenters. The third-order valence-corrected chi connectivity index (χ3v) is 5.43. The van der Waals surface area contributed by atoms with Gasteiger partial charge in [0.25, 0.3) is 5.91 Å². The van der Waals surface area contributed by atoms with Gasteiger partial charge >= 0.3 is 0 Å². The highest BCUT2D eigenvalue weighted by atomic mass is 35.5. The summed E-state index contributed by atoms with van der Waals surface area (Å²) >= 11 is 6.24. The van der Waals surface area contributed by atoms with E-state index in [1.165, 1.54) is 0 Å². The molecule has 0 aliphatic carbocycles. The van der Waals surface area contributed by atoms with Crippen LogP contribution in [0.5, 0.6) is 0 Å². The molecule has 0 spiro atoms. The van der Waals surface area contributed by atoms with Gasteiger partial charge in [-0.05, 0) is 26.3 Å². The first kappa shape index (κ1) is 19.9. The third kappa shape index (κ3) is 3.99. The van der Waals surface area contributed by atoms with E-state index >= 15 is 0 Å². The Morgan fingerprint density at radius 3 is 2.63 bits per heavy atom. The molecule has 154 valence electrons. The molecule has 0 saturated heterocycles. The van der Waals surface area contributed by atoms with Gasteiger partial charge in [-0.2, -0.15) is 10.2 Å². The van der Waals surface area contributed by atoms with E-state index in [-0.39, 0.29) is 11.6 Å². The van der Waals surface area contributed by atoms with Crippen LogP contribution in [0.2, 0.25) is 5.02 Å². The van der Waals surface area contributed by atoms with Crippen LogP contribution in [0.4, 0.5) is 5.69 Å². The summed E-state index contributed by atoms with van der Waals surface area (Å²) < 4.78 is 8.79. The van der Waals surface area contributed by atoms with Gasteiger partial charge in [-0.1, -0.05) is 47.1 Å². The van der Waals surface area contributed by atoms with Gasteiger partial charge in [0.15, 0.2) is 5.69 Å². The van der Waals surface area contributed by atoms with Crippen LogP contribution >= 0.6 is 11.6 Å². The first-order chi connectivity index (χ1) is 14.4. The van der Waals surface area contributed by atoms with Crippen LogP contribution in [0, 0.1) is 20.8 Å². The van der Waals surface area contributed by atoms with Gasteiger partial charge in [0.1, 0.15) is 5.76 Å². The Labute approximate surface area is 178 Å². The summed E-state index contributed by atoms with van der Waals surface area (Å²) in [5.74, 6) is 0.192. The normalized spacial score (nSPS) is 11.1. The van der Waals surface area contributed by atoms with Crippen molar-refractivity contribution in [2.24, 2.45) is 0 Å². The molecule has 3 heterocycles. The molecule has 9 heteroatoms. The van der Waals surface area contributed by atoms with Crippen molar-refractivity contribution in [2.75, 3.05) is 5.32 Å². The van der Waals surface area contributed by atoms with Crippen molar-refractivity contribution >= 4 is 23.2 Å². The molecule has 4 aromatic rings. The smallest absolute Gasteiger partial charge is 0.278 e. The highest BCUT2D eigenvalue weighted by molar-refractivity contribution is 6.31. The lowest BCUT2D eigenvalue weighted by Gasteiger charge is -2.06. The number of aryl methyl sites for hydroxylation is 2. The number of amides is 1. The first-order valence-corrected chi connectivity index (χ1v) is 9.82. The molecule has 0 saturated carbocycles. The van der Waals surface area contributed by atoms with Gasteiger partial charge in [0.05, 0.1) is 41.4 Å². The van der Waals surface area contributed by atoms with Crippen molar-refractivity contribution in [2.45, 2.75) is 33.9 Å². The molecule has 0 aliphatic rings. The number of nitrogens with zero attached hydrogens (tertiary/aromatic N) is 5. The molecule has 1 N–H and O–H groups in total. The predicted molar refractivity (Wildman–Crippen MR) is 113 cm³/mol. The monoisotopic (exact) mass is 424 g/mol. The van der Waals surface area contributed by atoms with Crippen LogP contribution in [0.15, 0.2) is 47.2 Å². The maximum atomic E-state index is 12.8. The lowest BCUT2D eigenvalue weighted by Crippen LogP contribution is -2.16. The topological polar surface area (TPSA) is 90.8 Å². The first-order valence-electron chi connectivity index (χ1n) is 9.44. The molecular formula is C21H21ClN6O2. The number of nitrogens with one attached hydrogen (secondary N) is 1. The number of carbonyl (C=O) groups excluding carboxylic acids is 1. The number of rotatable bonds is 6. The number of hydrogen-bond donors (Lipinski definition) is 1. The molecule has 4 rings (SSSR count). The molecule has 3 aromatic heterocycles. The van der Waals surface area contributed by atoms with E-state index in [1.54, 1.807) is 28.7 Å². The Hall–Kier alpha value is -3.39. The summed E-state index contributed by atoms with van der Waals surface area (Å²) in [6, 6.07) is 9.97. The quantitative estimate of drug-likeness (QED) is 0.505. The molecule has 0 fully saturated rings. The Kier molecular flexibility index (Phi) is 5.41. The van der Waals surface area contributed by atoms with E-state index in [9.17, 15) is 4.79 Å². The predicted octanol–water partition coefficient (Wildman–Crippen LogP) is 4.00. The van der Waals surface area contributed by atoms with E-state index in [0.717, 1.165) is 17.0 Å². The maximum absolute atomic E-state index is 12.8. The lowest BCUT2D eigenvalue weighted by atomic mass is 10.2. The zero-order valence-electron chi connectivity index (χ0n) is 16.9. The second-order valence-electron chi connectivity index (χ2n) is 7.07. The van der Waals surface area contributed by atoms with Crippen molar-refractivity contribution in [3.63, 3.8) is 0 Å². The minimum atomic E-state index is -0.367. The van der Waals surface area contributed by atoms with Crippen LogP contribution < -0.4 is 5.32 Å². The summed E-state index contributed by atoms with van der Waals surface area (Å²) in [5, 5.41) is 16.1. The second kappa shape index (κ2) is 8.16. The summed E-state index contributed by atoms with van der Waals surface area (Å²) in [4.78, 5) is 12.8. The Balaban J connectivity index is 1.50. The van der Waals surface area contributed by atoms with Crippen molar-refractivity contribution in [1.29, 1.82) is 0 Å². The minimum absolute atomic E-state index is 0.215. The second-order valence-corrected chi connectivity index (χ2v) is 7.45. The molecule has 1 aromatic carbocycles. The summed E-state index contributed by atoms with van der Waals surface area (Å²) in [6.07, 6.45) is 3.38. The molecule has 0 aliphatic heterocycles. The van der Waals surface area contributed by atoms with E-state index in [2.05, 4.69) is 20.7 Å². The lowest BCUT2D eigenvalue weighted by molar-refractivity contribution is 0.101. The highest BCUT2D eigenvalue weighted by Crippen LogP contribution is 2.22. The fraction of sp³-hybridized carbons (Fsp3) is 0.238. The van der Waals surface area contributed by atoms with E-state index in [1.807, 2.05) is 44.2 Å². The number of anilines is 1. The maximum Gasteiger partial charge on any atom is 0.278 e. The van der Waals surface area contributed by atoms with Gasteiger partial charge in [-0.25, -0.2) is 0 Å². The molecule has 0 radical (unpaired) electrons. The number of halogens is 1. The van der Waals surface area contributed by atoms with Crippen LogP contribution in [0.25, 0.3) is 0 Å². The van der Waals surface area contributed by atoms with E-state index in [0.29, 0.717) is 35.1 Å². The Morgan fingerprint density at radius 1 is 1.17 bits per heavy atom. The zero-order chi connectivity index (χ0) is 21.3. The molecule has 0 bridgehead atoms. The summed E-state index contributed by atoms with van der Waals surface area (Å²) in [6.45, 7) is 6.44. The van der Waals surface area contributed by atoms with Crippen LogP contribution in [-0.4, -0.2) is 30.6 Å². The largest absolute Gasteiger partial charge is 0.361 e. The number of benzene rings is 1. The van der Waals surface area contributed by atoms with Crippen molar-refractivity contribution in [3.8, 4) is 0 Å². The number of aromatic nitrogens is 5. The molecule has 30 heavy (non-hydrogen) atoms. The van der Waals surface area contributed by atoms with Crippen LogP contribution in [0.3, 0.4) is 0 Å². The molecule has 1 amide bonds. The van der Waals surface area contributed by atoms with Gasteiger partial charge in [-0.15, -0.1) is 0 Å². The van der Waals surface area contributed by atoms with E-state index < -0.39 is 0 Å². The highest BCUT2D eigenvalue weighted by Gasteiger charge is 2.22. The van der Waals surface area contributed by atoms with Crippen molar-refractivity contribution < 1.29 is 9.32 Å². The van der Waals surface area contributed by atoms with E-state index in [4.69, 9.17) is 16.1 Å². The standard InChI is InChI=1S/C21H21ClN6O2/c1-13-19(22)14(2)28(25-13)12-18-15(3)30-26-20(18)21(29)24-17-9-23-27(11-17)10-16-7-5-4-6-8-16/h4-9,11H,10,12H2,1-3H3,(H,24,29). The van der Waals surface area contributed by atoms with Crippen LogP contribution in [0.1, 0.15) is 38.8 Å². The Morgan fingerprint density at radius 2 is 1.93 bits per heavy atom. The average molecular weight is 425 g/mol. The summed E-state index contributed by atoms with van der Waals surface area (Å²) in [5.41, 5.74) is 4.13. The SMILES string of the molecule is Cc1nn(Cc2c(C(=O)Nc3cnn(Cc4ccccc4)c3)noc2C)c(C)c1Cl. The molecule has 0 atom stereocenters. The minimum Gasteiger partial charge on any atom is -0.361 e. The van der Waals surface area contributed by atoms with Crippen molar-refractivity contribution in [1.82, 2.24) is 24.7 Å². The molecule has 8 nitrogen and oxygen atoms in total. The summed E-state index contributed by atoms with van der Waals surface area (Å²) in [7, 11) is 0. The van der Waals surface area contributed by atoms with Gasteiger partial charge < -0.3 is 9.84 Å². The van der Waals surface area contributed by atoms with Gasteiger partial charge in [-0.3, -0.25) is 14.2 Å². The fourth-order valence-corrected chi connectivity index (χ4v) is 3.35. The molecular weight excluding hydrogens is 404 g/mol. The fourth-order valence-electron chi connectivity index (χ4n) is 3.21.